The van der Waals surface area contributed by atoms with E-state index in [9.17, 15) is 9.59 Å². The van der Waals surface area contributed by atoms with Gasteiger partial charge < -0.3 is 31.1 Å². The number of anilines is 6. The fraction of sp³-hybridized carbons (Fsp3) is 0.463. The van der Waals surface area contributed by atoms with Crippen molar-refractivity contribution in [1.82, 2.24) is 30.6 Å². The van der Waals surface area contributed by atoms with Crippen molar-refractivity contribution in [2.24, 2.45) is 10.8 Å². The first-order chi connectivity index (χ1) is 27.1. The maximum atomic E-state index is 12.0. The van der Waals surface area contributed by atoms with Crippen LogP contribution in [0.5, 0.6) is 0 Å². The van der Waals surface area contributed by atoms with Gasteiger partial charge in [0, 0.05) is 69.8 Å². The summed E-state index contributed by atoms with van der Waals surface area (Å²) in [5.74, 6) is 2.84. The molecule has 4 N–H and O–H groups in total. The molecule has 0 unspecified atom stereocenters. The number of aromatic nitrogens is 4. The van der Waals surface area contributed by atoms with E-state index in [4.69, 9.17) is 23.2 Å². The highest BCUT2D eigenvalue weighted by molar-refractivity contribution is 9.10. The van der Waals surface area contributed by atoms with E-state index in [1.165, 1.54) is 23.5 Å². The van der Waals surface area contributed by atoms with Crippen molar-refractivity contribution >= 4 is 109 Å². The normalized spacial score (nSPS) is 11.0. The van der Waals surface area contributed by atoms with E-state index in [0.717, 1.165) is 51.7 Å². The Bertz CT molecular complexity index is 1990. The number of hydrogen-bond donors (Lipinski definition) is 4. The first-order valence-electron chi connectivity index (χ1n) is 18.4. The lowest BCUT2D eigenvalue weighted by Gasteiger charge is -2.28. The molecule has 2 aromatic carbocycles. The molecule has 0 saturated heterocycles. The van der Waals surface area contributed by atoms with Crippen molar-refractivity contribution in [3.8, 4) is 0 Å². The summed E-state index contributed by atoms with van der Waals surface area (Å²) in [5.41, 5.74) is 5.23. The Kier molecular flexibility index (Phi) is 20.4. The molecule has 318 valence electrons. The van der Waals surface area contributed by atoms with E-state index >= 15 is 0 Å². The number of halogens is 3. The van der Waals surface area contributed by atoms with Crippen LogP contribution in [-0.4, -0.2) is 90.9 Å². The lowest BCUT2D eigenvalue weighted by molar-refractivity contribution is 0.0955. The van der Waals surface area contributed by atoms with Crippen LogP contribution in [0.4, 0.5) is 34.6 Å². The molecule has 0 atom stereocenters. The molecule has 2 aromatic heterocycles. The van der Waals surface area contributed by atoms with Gasteiger partial charge >= 0.3 is 0 Å². The number of carbonyl (C=O) groups excluding carboxylic acids is 2. The van der Waals surface area contributed by atoms with Gasteiger partial charge in [-0.3, -0.25) is 9.59 Å². The Morgan fingerprint density at radius 2 is 1.16 bits per heavy atom. The van der Waals surface area contributed by atoms with Crippen molar-refractivity contribution in [3.05, 3.63) is 69.2 Å². The number of rotatable bonds is 12. The van der Waals surface area contributed by atoms with Crippen LogP contribution >= 0.6 is 62.7 Å². The van der Waals surface area contributed by atoms with Crippen molar-refractivity contribution in [3.63, 3.8) is 0 Å². The van der Waals surface area contributed by atoms with Crippen LogP contribution in [-0.2, 0) is 0 Å². The Morgan fingerprint density at radius 3 is 1.60 bits per heavy atom. The molecule has 12 nitrogen and oxygen atoms in total. The lowest BCUT2D eigenvalue weighted by atomic mass is 9.96. The van der Waals surface area contributed by atoms with Crippen LogP contribution in [0.15, 0.2) is 57.3 Å². The van der Waals surface area contributed by atoms with Gasteiger partial charge in [0.15, 0.2) is 16.1 Å². The average molecular weight is 939 g/mol. The lowest BCUT2D eigenvalue weighted by Crippen LogP contribution is -2.30. The summed E-state index contributed by atoms with van der Waals surface area (Å²) < 4.78 is 0.793. The van der Waals surface area contributed by atoms with Crippen LogP contribution in [0.1, 0.15) is 73.4 Å². The highest BCUT2D eigenvalue weighted by atomic mass is 79.9. The number of benzene rings is 2. The zero-order chi connectivity index (χ0) is 44.0. The number of alkyl halides is 2. The molecule has 4 aromatic rings. The van der Waals surface area contributed by atoms with E-state index < -0.39 is 0 Å². The molecule has 0 spiro atoms. The summed E-state index contributed by atoms with van der Waals surface area (Å²) in [7, 11) is 7.32. The first kappa shape index (κ1) is 50.6. The number of nitrogens with one attached hydrogen (secondary N) is 4. The SMILES string of the molecule is CNC(=O)c1ccc(C)c(Nc2cc(N(C)CC(C)(C)C)nc(SC)n2)c1.CNC(=O)c1ccc(C)c(Nc2nc(SC)nc(N(C)CC(C)(C)C)c2Br)c1.ClCCl. The molecule has 0 radical (unpaired) electrons. The molecule has 0 fully saturated rings. The van der Waals surface area contributed by atoms with Crippen LogP contribution in [0.3, 0.4) is 0 Å². The minimum Gasteiger partial charge on any atom is -0.359 e. The van der Waals surface area contributed by atoms with E-state index in [1.807, 2.05) is 82.9 Å². The average Bonchev–Trinajstić information content (AvgIpc) is 3.15. The van der Waals surface area contributed by atoms with Gasteiger partial charge in [0.2, 0.25) is 0 Å². The van der Waals surface area contributed by atoms with Gasteiger partial charge in [-0.1, -0.05) is 77.2 Å². The summed E-state index contributed by atoms with van der Waals surface area (Å²) in [6.45, 7) is 18.9. The summed E-state index contributed by atoms with van der Waals surface area (Å²) in [4.78, 5) is 46.7. The Labute approximate surface area is 372 Å². The number of carbonyl (C=O) groups is 2. The van der Waals surface area contributed by atoms with Gasteiger partial charge in [0.1, 0.15) is 21.9 Å². The summed E-state index contributed by atoms with van der Waals surface area (Å²) in [6, 6.07) is 13.1. The first-order valence-corrected chi connectivity index (χ1v) is 22.7. The van der Waals surface area contributed by atoms with Crippen LogP contribution in [0.2, 0.25) is 0 Å². The van der Waals surface area contributed by atoms with Gasteiger partial charge in [0.05, 0.1) is 5.34 Å². The molecular weight excluding hydrogens is 879 g/mol. The number of hydrogen-bond acceptors (Lipinski definition) is 12. The minimum atomic E-state index is -0.125. The Hall–Kier alpha value is -3.50. The van der Waals surface area contributed by atoms with E-state index in [0.29, 0.717) is 33.1 Å². The number of thioether (sulfide) groups is 2. The fourth-order valence-electron chi connectivity index (χ4n) is 5.54. The maximum Gasteiger partial charge on any atom is 0.251 e. The predicted molar refractivity (Wildman–Crippen MR) is 253 cm³/mol. The number of aryl methyl sites for hydroxylation is 2. The third-order valence-electron chi connectivity index (χ3n) is 8.02. The zero-order valence-corrected chi connectivity index (χ0v) is 40.8. The second-order valence-electron chi connectivity index (χ2n) is 15.7. The Morgan fingerprint density at radius 1 is 0.707 bits per heavy atom. The van der Waals surface area contributed by atoms with Gasteiger partial charge in [-0.05, 0) is 88.5 Å². The molecule has 0 saturated carbocycles. The monoisotopic (exact) mass is 936 g/mol. The Balaban J connectivity index is 0.000000375. The standard InChI is InChI=1S/C20H28BrN5OS.C20H29N5OS.CH2Cl2/c1-12-8-9-13(18(27)22-5)10-14(12)23-16-15(21)17(25-19(24-16)28-7)26(6)11-20(2,3)4;1-13-8-9-14(18(26)21-5)10-15(13)22-16-11-17(24-19(23-16)27-7)25(6)12-20(2,3)4;2-1-3/h8-10H,11H2,1-7H3,(H,22,27)(H,23,24,25);8-11H,12H2,1-7H3,(H,21,26)(H,22,23,24);1H2. The predicted octanol–water partition coefficient (Wildman–Crippen LogP) is 10.4. The van der Waals surface area contributed by atoms with Crippen LogP contribution in [0.25, 0.3) is 0 Å². The molecular formula is C41H59BrCl2N10O2S2. The molecule has 2 heterocycles. The van der Waals surface area contributed by atoms with Crippen molar-refractivity contribution < 1.29 is 9.59 Å². The molecule has 0 aliphatic heterocycles. The molecule has 0 aliphatic carbocycles. The van der Waals surface area contributed by atoms with Crippen LogP contribution in [0, 0.1) is 24.7 Å². The van der Waals surface area contributed by atoms with Crippen LogP contribution < -0.4 is 31.1 Å². The topological polar surface area (TPSA) is 140 Å². The van der Waals surface area contributed by atoms with Crippen molar-refractivity contribution in [1.29, 1.82) is 0 Å². The van der Waals surface area contributed by atoms with Gasteiger partial charge in [-0.25, -0.2) is 19.9 Å². The molecule has 17 heteroatoms. The molecule has 4 rings (SSSR count). The second kappa shape index (κ2) is 23.3. The molecule has 0 aliphatic rings. The summed E-state index contributed by atoms with van der Waals surface area (Å²) in [5, 5.41) is 13.6. The highest BCUT2D eigenvalue weighted by Gasteiger charge is 2.21. The smallest absolute Gasteiger partial charge is 0.251 e. The van der Waals surface area contributed by atoms with E-state index in [1.54, 1.807) is 14.1 Å². The van der Waals surface area contributed by atoms with Crippen molar-refractivity contribution in [2.45, 2.75) is 65.7 Å². The molecule has 2 amide bonds. The minimum absolute atomic E-state index is 0.115. The fourth-order valence-corrected chi connectivity index (χ4v) is 6.85. The quantitative estimate of drug-likeness (QED) is 0.0611. The van der Waals surface area contributed by atoms with Gasteiger partial charge in [-0.2, -0.15) is 0 Å². The van der Waals surface area contributed by atoms with Crippen molar-refractivity contribution in [2.75, 3.05) is 79.6 Å². The van der Waals surface area contributed by atoms with Gasteiger partial charge in [0.25, 0.3) is 11.8 Å². The number of nitrogens with zero attached hydrogens (tertiary/aromatic N) is 6. The number of amides is 2. The largest absolute Gasteiger partial charge is 0.359 e. The third-order valence-corrected chi connectivity index (χ3v) is 9.84. The zero-order valence-electron chi connectivity index (χ0n) is 36.1. The maximum absolute atomic E-state index is 12.0. The van der Waals surface area contributed by atoms with E-state index in [2.05, 4.69) is 108 Å². The molecule has 0 bridgehead atoms. The van der Waals surface area contributed by atoms with Gasteiger partial charge in [-0.15, -0.1) is 23.2 Å². The summed E-state index contributed by atoms with van der Waals surface area (Å²) >= 11 is 16.2. The summed E-state index contributed by atoms with van der Waals surface area (Å²) in [6.07, 6.45) is 3.92. The second-order valence-corrected chi connectivity index (χ2v) is 18.8. The highest BCUT2D eigenvalue weighted by Crippen LogP contribution is 2.35. The third kappa shape index (κ3) is 16.3. The van der Waals surface area contributed by atoms with E-state index in [-0.39, 0.29) is 28.0 Å². The molecule has 58 heavy (non-hydrogen) atoms.